The first-order valence-electron chi connectivity index (χ1n) is 11.1. The van der Waals surface area contributed by atoms with E-state index in [1.165, 1.54) is 0 Å². The van der Waals surface area contributed by atoms with Crippen LogP contribution >= 0.6 is 0 Å². The summed E-state index contributed by atoms with van der Waals surface area (Å²) in [6.45, 7) is 0. The molecule has 9 heteroatoms. The van der Waals surface area contributed by atoms with Crippen LogP contribution in [0.25, 0.3) is 21.8 Å². The Morgan fingerprint density at radius 1 is 1.09 bits per heavy atom. The predicted octanol–water partition coefficient (Wildman–Crippen LogP) is 3.24. The molecular formula is C24H28N6O3. The van der Waals surface area contributed by atoms with Gasteiger partial charge in [0.05, 0.1) is 29.3 Å². The molecule has 1 amide bonds. The van der Waals surface area contributed by atoms with Crippen LogP contribution in [0.15, 0.2) is 36.7 Å². The Hall–Kier alpha value is -3.59. The number of anilines is 1. The van der Waals surface area contributed by atoms with E-state index < -0.39 is 0 Å². The standard InChI is InChI=1S/C24H28N6O3/c1-25-15-5-6-16(10-15)33-21-8-7-17(23-18(21)13-30(3)28-23)24(31)26-20-9-14-12-29(2)27-19(14)11-22(20)32-4/h7-9,11-13,15-16,25H,5-6,10H2,1-4H3,(H,26,31). The third-order valence-electron chi connectivity index (χ3n) is 6.27. The maximum Gasteiger partial charge on any atom is 0.258 e. The van der Waals surface area contributed by atoms with Gasteiger partial charge in [0.25, 0.3) is 5.91 Å². The van der Waals surface area contributed by atoms with Crippen molar-refractivity contribution in [2.24, 2.45) is 14.1 Å². The number of fused-ring (bicyclic) bond motifs is 2. The summed E-state index contributed by atoms with van der Waals surface area (Å²) >= 11 is 0. The molecule has 0 spiro atoms. The highest BCUT2D eigenvalue weighted by atomic mass is 16.5. The van der Waals surface area contributed by atoms with Gasteiger partial charge in [0.15, 0.2) is 0 Å². The average molecular weight is 449 g/mol. The van der Waals surface area contributed by atoms with Crippen molar-refractivity contribution in [2.45, 2.75) is 31.4 Å². The molecule has 0 radical (unpaired) electrons. The van der Waals surface area contributed by atoms with Crippen LogP contribution in [-0.2, 0) is 14.1 Å². The summed E-state index contributed by atoms with van der Waals surface area (Å²) in [5.74, 6) is 1.04. The average Bonchev–Trinajstić information content (AvgIpc) is 3.50. The minimum Gasteiger partial charge on any atom is -0.494 e. The van der Waals surface area contributed by atoms with Crippen LogP contribution in [0.5, 0.6) is 11.5 Å². The lowest BCUT2D eigenvalue weighted by molar-refractivity contribution is 0.102. The summed E-state index contributed by atoms with van der Waals surface area (Å²) in [4.78, 5) is 13.3. The molecule has 2 aromatic heterocycles. The molecule has 1 saturated carbocycles. The van der Waals surface area contributed by atoms with Crippen molar-refractivity contribution in [1.29, 1.82) is 0 Å². The first-order valence-corrected chi connectivity index (χ1v) is 11.1. The van der Waals surface area contributed by atoms with Crippen molar-refractivity contribution in [3.63, 3.8) is 0 Å². The molecule has 2 unspecified atom stereocenters. The maximum absolute atomic E-state index is 13.3. The molecule has 2 aromatic carbocycles. The number of ether oxygens (including phenoxy) is 2. The van der Waals surface area contributed by atoms with Gasteiger partial charge in [-0.1, -0.05) is 0 Å². The van der Waals surface area contributed by atoms with Gasteiger partial charge >= 0.3 is 0 Å². The Kier molecular flexibility index (Phi) is 5.41. The van der Waals surface area contributed by atoms with Gasteiger partial charge in [-0.2, -0.15) is 10.2 Å². The van der Waals surface area contributed by atoms with Gasteiger partial charge in [-0.25, -0.2) is 0 Å². The van der Waals surface area contributed by atoms with Gasteiger partial charge in [-0.3, -0.25) is 14.2 Å². The van der Waals surface area contributed by atoms with Crippen LogP contribution in [0.2, 0.25) is 0 Å². The number of hydrogen-bond acceptors (Lipinski definition) is 6. The number of rotatable bonds is 6. The molecule has 33 heavy (non-hydrogen) atoms. The third kappa shape index (κ3) is 4.00. The molecule has 1 fully saturated rings. The van der Waals surface area contributed by atoms with Crippen LogP contribution in [0, 0.1) is 0 Å². The second kappa shape index (κ2) is 8.40. The number of amides is 1. The second-order valence-electron chi connectivity index (χ2n) is 8.58. The number of aromatic nitrogens is 4. The van der Waals surface area contributed by atoms with E-state index in [0.717, 1.165) is 41.3 Å². The van der Waals surface area contributed by atoms with E-state index in [1.807, 2.05) is 51.7 Å². The molecule has 2 N–H and O–H groups in total. The Morgan fingerprint density at radius 3 is 2.67 bits per heavy atom. The first-order chi connectivity index (χ1) is 15.9. The smallest absolute Gasteiger partial charge is 0.258 e. The number of hydrogen-bond donors (Lipinski definition) is 2. The van der Waals surface area contributed by atoms with Crippen molar-refractivity contribution in [1.82, 2.24) is 24.9 Å². The van der Waals surface area contributed by atoms with Crippen LogP contribution in [-0.4, -0.2) is 51.8 Å². The second-order valence-corrected chi connectivity index (χ2v) is 8.58. The van der Waals surface area contributed by atoms with Crippen LogP contribution < -0.4 is 20.1 Å². The Labute approximate surface area is 191 Å². The summed E-state index contributed by atoms with van der Waals surface area (Å²) in [6, 6.07) is 7.81. The highest BCUT2D eigenvalue weighted by molar-refractivity contribution is 6.13. The summed E-state index contributed by atoms with van der Waals surface area (Å²) in [5, 5.41) is 17.0. The van der Waals surface area contributed by atoms with Crippen molar-refractivity contribution in [3.8, 4) is 11.5 Å². The predicted molar refractivity (Wildman–Crippen MR) is 127 cm³/mol. The van der Waals surface area contributed by atoms with E-state index >= 15 is 0 Å². The number of nitrogens with one attached hydrogen (secondary N) is 2. The molecule has 5 rings (SSSR count). The monoisotopic (exact) mass is 448 g/mol. The van der Waals surface area contributed by atoms with Gasteiger partial charge in [0.2, 0.25) is 0 Å². The molecule has 1 aliphatic rings. The van der Waals surface area contributed by atoms with E-state index in [4.69, 9.17) is 9.47 Å². The molecule has 4 aromatic rings. The molecular weight excluding hydrogens is 420 g/mol. The largest absolute Gasteiger partial charge is 0.494 e. The zero-order chi connectivity index (χ0) is 23.1. The van der Waals surface area contributed by atoms with Crippen molar-refractivity contribution < 1.29 is 14.3 Å². The fourth-order valence-corrected chi connectivity index (χ4v) is 4.60. The Morgan fingerprint density at radius 2 is 1.91 bits per heavy atom. The number of aryl methyl sites for hydroxylation is 2. The van der Waals surface area contributed by atoms with Gasteiger partial charge in [-0.15, -0.1) is 0 Å². The van der Waals surface area contributed by atoms with E-state index in [-0.39, 0.29) is 12.0 Å². The van der Waals surface area contributed by atoms with E-state index in [1.54, 1.807) is 22.5 Å². The van der Waals surface area contributed by atoms with Crippen LogP contribution in [0.3, 0.4) is 0 Å². The fourth-order valence-electron chi connectivity index (χ4n) is 4.60. The van der Waals surface area contributed by atoms with E-state index in [9.17, 15) is 4.79 Å². The number of methoxy groups -OCH3 is 1. The van der Waals surface area contributed by atoms with Crippen LogP contribution in [0.4, 0.5) is 5.69 Å². The molecule has 172 valence electrons. The number of nitrogens with zero attached hydrogens (tertiary/aromatic N) is 4. The molecule has 0 saturated heterocycles. The SMILES string of the molecule is CNC1CCC(Oc2ccc(C(=O)Nc3cc4cn(C)nc4cc3OC)c3nn(C)cc23)C1. The number of benzene rings is 2. The van der Waals surface area contributed by atoms with Gasteiger partial charge in [-0.05, 0) is 44.5 Å². The topological polar surface area (TPSA) is 95.2 Å². The molecule has 0 bridgehead atoms. The minimum atomic E-state index is -0.261. The first kappa shape index (κ1) is 21.3. The van der Waals surface area contributed by atoms with Crippen molar-refractivity contribution in [3.05, 3.63) is 42.2 Å². The lowest BCUT2D eigenvalue weighted by atomic mass is 10.1. The lowest BCUT2D eigenvalue weighted by Crippen LogP contribution is -2.23. The highest BCUT2D eigenvalue weighted by Crippen LogP contribution is 2.34. The van der Waals surface area contributed by atoms with Gasteiger partial charge in [0.1, 0.15) is 23.1 Å². The number of carbonyl (C=O) groups excluding carboxylic acids is 1. The number of carbonyl (C=O) groups is 1. The molecule has 2 heterocycles. The molecule has 9 nitrogen and oxygen atoms in total. The quantitative estimate of drug-likeness (QED) is 0.470. The third-order valence-corrected chi connectivity index (χ3v) is 6.27. The summed E-state index contributed by atoms with van der Waals surface area (Å²) in [7, 11) is 7.26. The molecule has 0 aliphatic heterocycles. The normalized spacial score (nSPS) is 18.2. The van der Waals surface area contributed by atoms with E-state index in [2.05, 4.69) is 20.8 Å². The summed E-state index contributed by atoms with van der Waals surface area (Å²) < 4.78 is 15.3. The summed E-state index contributed by atoms with van der Waals surface area (Å²) in [6.07, 6.45) is 7.02. The minimum absolute atomic E-state index is 0.154. The molecule has 1 aliphatic carbocycles. The zero-order valence-corrected chi connectivity index (χ0v) is 19.3. The van der Waals surface area contributed by atoms with Crippen molar-refractivity contribution >= 4 is 33.4 Å². The van der Waals surface area contributed by atoms with Gasteiger partial charge in [0, 0.05) is 44.0 Å². The lowest BCUT2D eigenvalue weighted by Gasteiger charge is -2.16. The van der Waals surface area contributed by atoms with E-state index in [0.29, 0.717) is 28.6 Å². The van der Waals surface area contributed by atoms with Crippen LogP contribution in [0.1, 0.15) is 29.6 Å². The Balaban J connectivity index is 1.45. The van der Waals surface area contributed by atoms with Gasteiger partial charge < -0.3 is 20.1 Å². The maximum atomic E-state index is 13.3. The summed E-state index contributed by atoms with van der Waals surface area (Å²) in [5.41, 5.74) is 2.47. The Bertz CT molecular complexity index is 1340. The van der Waals surface area contributed by atoms with Crippen molar-refractivity contribution in [2.75, 3.05) is 19.5 Å². The fraction of sp³-hybridized carbons (Fsp3) is 0.375. The zero-order valence-electron chi connectivity index (χ0n) is 19.3. The highest BCUT2D eigenvalue weighted by Gasteiger charge is 2.26. The molecule has 2 atom stereocenters.